The first-order valence-corrected chi connectivity index (χ1v) is 7.32. The molecule has 1 fully saturated rings. The van der Waals surface area contributed by atoms with E-state index < -0.39 is 0 Å². The molecular formula is C16H25NO4. The second kappa shape index (κ2) is 7.98. The summed E-state index contributed by atoms with van der Waals surface area (Å²) in [5.41, 5.74) is -0.318. The molecule has 2 aliphatic rings. The van der Waals surface area contributed by atoms with Gasteiger partial charge >= 0.3 is 0 Å². The minimum atomic E-state index is -0.318. The Morgan fingerprint density at radius 1 is 1.29 bits per heavy atom. The highest BCUT2D eigenvalue weighted by molar-refractivity contribution is 5.97. The Morgan fingerprint density at radius 3 is 2.33 bits per heavy atom. The van der Waals surface area contributed by atoms with Crippen molar-refractivity contribution in [1.82, 2.24) is 4.90 Å². The Hall–Kier alpha value is -1.62. The lowest BCUT2D eigenvalue weighted by Crippen LogP contribution is -2.43. The summed E-state index contributed by atoms with van der Waals surface area (Å²) >= 11 is 0. The third kappa shape index (κ3) is 6.58. The van der Waals surface area contributed by atoms with E-state index >= 15 is 0 Å². The van der Waals surface area contributed by atoms with Gasteiger partial charge in [-0.15, -0.1) is 0 Å². The molecule has 1 aliphatic heterocycles. The van der Waals surface area contributed by atoms with Crippen molar-refractivity contribution in [2.24, 2.45) is 0 Å². The van der Waals surface area contributed by atoms with E-state index in [4.69, 9.17) is 5.11 Å². The zero-order valence-corrected chi connectivity index (χ0v) is 13.0. The summed E-state index contributed by atoms with van der Waals surface area (Å²) < 4.78 is 4.55. The number of rotatable bonds is 2. The minimum Gasteiger partial charge on any atom is -0.508 e. The van der Waals surface area contributed by atoms with Gasteiger partial charge in [-0.2, -0.15) is 0 Å². The Balaban J connectivity index is 0.000000270. The number of piperidine rings is 1. The average Bonchev–Trinajstić information content (AvgIpc) is 2.39. The van der Waals surface area contributed by atoms with Gasteiger partial charge in [0.2, 0.25) is 0 Å². The maximum Gasteiger partial charge on any atom is 0.293 e. The summed E-state index contributed by atoms with van der Waals surface area (Å²) in [6, 6.07) is -0.133. The van der Waals surface area contributed by atoms with Gasteiger partial charge in [-0.05, 0) is 52.8 Å². The molecule has 0 aromatic heterocycles. The van der Waals surface area contributed by atoms with Gasteiger partial charge in [-0.1, -0.05) is 12.5 Å². The van der Waals surface area contributed by atoms with Gasteiger partial charge in [0.05, 0.1) is 6.04 Å². The van der Waals surface area contributed by atoms with Crippen molar-refractivity contribution in [2.75, 3.05) is 13.1 Å². The third-order valence-electron chi connectivity index (χ3n) is 3.22. The van der Waals surface area contributed by atoms with Gasteiger partial charge in [-0.25, -0.2) is 0 Å². The van der Waals surface area contributed by atoms with Crippen molar-refractivity contribution in [3.8, 4) is 0 Å². The van der Waals surface area contributed by atoms with Crippen LogP contribution in [0.1, 0.15) is 40.0 Å². The predicted molar refractivity (Wildman–Crippen MR) is 81.0 cm³/mol. The van der Waals surface area contributed by atoms with Crippen LogP contribution in [-0.2, 0) is 14.3 Å². The Labute approximate surface area is 126 Å². The molecular weight excluding hydrogens is 270 g/mol. The lowest BCUT2D eigenvalue weighted by atomic mass is 10.0. The molecule has 0 radical (unpaired) electrons. The molecule has 0 amide bonds. The minimum absolute atomic E-state index is 0.00639. The number of aliphatic hydroxyl groups is 1. The number of allylic oxidation sites excluding steroid dienone is 1. The number of hydrogen-bond acceptors (Lipinski definition) is 5. The summed E-state index contributed by atoms with van der Waals surface area (Å²) in [5, 5.41) is 9.13. The number of carbonyl (C=O) groups excluding carboxylic acids is 2. The quantitative estimate of drug-likeness (QED) is 0.792. The SMILES string of the molecule is CC(C)(C)OC=O.O=C1C=C(O)C=CC1N1CCCCC1. The topological polar surface area (TPSA) is 66.8 Å². The number of ketones is 1. The largest absolute Gasteiger partial charge is 0.508 e. The summed E-state index contributed by atoms with van der Waals surface area (Å²) in [4.78, 5) is 23.4. The molecule has 1 atom stereocenters. The van der Waals surface area contributed by atoms with Crippen molar-refractivity contribution in [3.05, 3.63) is 24.0 Å². The van der Waals surface area contributed by atoms with E-state index in [0.717, 1.165) is 13.1 Å². The van der Waals surface area contributed by atoms with Crippen LogP contribution < -0.4 is 0 Å². The van der Waals surface area contributed by atoms with E-state index in [1.807, 2.05) is 20.8 Å². The lowest BCUT2D eigenvalue weighted by Gasteiger charge is -2.32. The first kappa shape index (κ1) is 17.4. The van der Waals surface area contributed by atoms with Crippen LogP contribution in [0.5, 0.6) is 0 Å². The van der Waals surface area contributed by atoms with Gasteiger partial charge in [0.25, 0.3) is 6.47 Å². The maximum absolute atomic E-state index is 11.6. The van der Waals surface area contributed by atoms with Crippen molar-refractivity contribution < 1.29 is 19.4 Å². The normalized spacial score (nSPS) is 22.9. The molecule has 1 saturated heterocycles. The first-order chi connectivity index (χ1) is 9.83. The second-order valence-electron chi connectivity index (χ2n) is 6.20. The fourth-order valence-electron chi connectivity index (χ4n) is 2.21. The van der Waals surface area contributed by atoms with Crippen LogP contribution in [0.3, 0.4) is 0 Å². The highest BCUT2D eigenvalue weighted by atomic mass is 16.5. The number of carbonyl (C=O) groups is 2. The monoisotopic (exact) mass is 295 g/mol. The van der Waals surface area contributed by atoms with E-state index in [0.29, 0.717) is 6.47 Å². The summed E-state index contributed by atoms with van der Waals surface area (Å²) in [5.74, 6) is 0.0789. The van der Waals surface area contributed by atoms with Gasteiger partial charge in [-0.3, -0.25) is 14.5 Å². The number of nitrogens with zero attached hydrogens (tertiary/aromatic N) is 1. The molecule has 0 bridgehead atoms. The van der Waals surface area contributed by atoms with E-state index in [2.05, 4.69) is 9.64 Å². The van der Waals surface area contributed by atoms with E-state index in [9.17, 15) is 9.59 Å². The van der Waals surface area contributed by atoms with E-state index in [-0.39, 0.29) is 23.2 Å². The van der Waals surface area contributed by atoms with Crippen LogP contribution in [-0.4, -0.2) is 47.0 Å². The molecule has 0 aromatic rings. The number of aliphatic hydroxyl groups excluding tert-OH is 1. The lowest BCUT2D eigenvalue weighted by molar-refractivity contribution is -0.138. The van der Waals surface area contributed by atoms with Crippen LogP contribution in [0.15, 0.2) is 24.0 Å². The third-order valence-corrected chi connectivity index (χ3v) is 3.22. The summed E-state index contributed by atoms with van der Waals surface area (Å²) in [6.07, 6.45) is 8.34. The molecule has 118 valence electrons. The summed E-state index contributed by atoms with van der Waals surface area (Å²) in [7, 11) is 0. The fourth-order valence-corrected chi connectivity index (χ4v) is 2.21. The van der Waals surface area contributed by atoms with Crippen LogP contribution in [0, 0.1) is 0 Å². The van der Waals surface area contributed by atoms with Gasteiger partial charge in [0.1, 0.15) is 11.4 Å². The molecule has 1 heterocycles. The van der Waals surface area contributed by atoms with Crippen LogP contribution in [0.4, 0.5) is 0 Å². The highest BCUT2D eigenvalue weighted by Gasteiger charge is 2.25. The van der Waals surface area contributed by atoms with Gasteiger partial charge < -0.3 is 9.84 Å². The number of likely N-dealkylation sites (tertiary alicyclic amines) is 1. The maximum atomic E-state index is 11.6. The zero-order valence-electron chi connectivity index (χ0n) is 13.0. The molecule has 2 rings (SSSR count). The van der Waals surface area contributed by atoms with Crippen LogP contribution >= 0.6 is 0 Å². The highest BCUT2D eigenvalue weighted by Crippen LogP contribution is 2.17. The van der Waals surface area contributed by atoms with Gasteiger partial charge in [0, 0.05) is 6.08 Å². The number of hydrogen-bond donors (Lipinski definition) is 1. The summed E-state index contributed by atoms with van der Waals surface area (Å²) in [6.45, 7) is 7.91. The molecule has 1 unspecified atom stereocenters. The molecule has 1 N–H and O–H groups in total. The van der Waals surface area contributed by atoms with Gasteiger partial charge in [0.15, 0.2) is 5.78 Å². The van der Waals surface area contributed by atoms with Crippen molar-refractivity contribution in [2.45, 2.75) is 51.7 Å². The fraction of sp³-hybridized carbons (Fsp3) is 0.625. The van der Waals surface area contributed by atoms with Crippen molar-refractivity contribution in [1.29, 1.82) is 0 Å². The van der Waals surface area contributed by atoms with E-state index in [1.54, 1.807) is 12.2 Å². The van der Waals surface area contributed by atoms with Crippen molar-refractivity contribution >= 4 is 12.3 Å². The van der Waals surface area contributed by atoms with E-state index in [1.165, 1.54) is 25.3 Å². The zero-order chi connectivity index (χ0) is 15.9. The second-order valence-corrected chi connectivity index (χ2v) is 6.20. The molecule has 21 heavy (non-hydrogen) atoms. The smallest absolute Gasteiger partial charge is 0.293 e. The Kier molecular flexibility index (Phi) is 6.62. The van der Waals surface area contributed by atoms with Crippen LogP contribution in [0.25, 0.3) is 0 Å². The first-order valence-electron chi connectivity index (χ1n) is 7.32. The molecule has 0 spiro atoms. The van der Waals surface area contributed by atoms with Crippen molar-refractivity contribution in [3.63, 3.8) is 0 Å². The standard InChI is InChI=1S/C11H15NO2.C5H10O2/c13-9-4-5-10(11(14)8-9)12-6-2-1-3-7-12;1-5(2,3)7-4-6/h4-5,8,10,13H,1-3,6-7H2;4H,1-3H3. The molecule has 0 saturated carbocycles. The molecule has 5 nitrogen and oxygen atoms in total. The molecule has 1 aliphatic carbocycles. The molecule has 0 aromatic carbocycles. The number of ether oxygens (including phenoxy) is 1. The Bertz CT molecular complexity index is 414. The average molecular weight is 295 g/mol. The Morgan fingerprint density at radius 2 is 1.90 bits per heavy atom. The predicted octanol–water partition coefficient (Wildman–Crippen LogP) is 2.38. The van der Waals surface area contributed by atoms with Crippen LogP contribution in [0.2, 0.25) is 0 Å². The molecule has 5 heteroatoms.